The van der Waals surface area contributed by atoms with Crippen molar-refractivity contribution in [2.45, 2.75) is 6.18 Å². The second kappa shape index (κ2) is 6.85. The van der Waals surface area contributed by atoms with Gasteiger partial charge in [-0.25, -0.2) is 0 Å². The number of methoxy groups -OCH3 is 1. The van der Waals surface area contributed by atoms with E-state index in [2.05, 4.69) is 22.1 Å². The third-order valence-corrected chi connectivity index (χ3v) is 2.75. The Morgan fingerprint density at radius 3 is 2.55 bits per heavy atom. The van der Waals surface area contributed by atoms with Crippen molar-refractivity contribution >= 4 is 5.69 Å². The molecule has 0 saturated heterocycles. The quantitative estimate of drug-likeness (QED) is 0.880. The molecule has 114 valence electrons. The van der Waals surface area contributed by atoms with Crippen LogP contribution in [0.4, 0.5) is 18.9 Å². The number of ether oxygens (including phenoxy) is 1. The maximum atomic E-state index is 12.5. The normalized spacial score (nSPS) is 10.5. The lowest BCUT2D eigenvalue weighted by molar-refractivity contribution is -0.141. The number of aromatic nitrogens is 1. The minimum Gasteiger partial charge on any atom is -0.497 e. The average Bonchev–Trinajstić information content (AvgIpc) is 2.52. The summed E-state index contributed by atoms with van der Waals surface area (Å²) in [6.45, 7) is 0.230. The molecule has 0 fully saturated rings. The van der Waals surface area contributed by atoms with Gasteiger partial charge in [0.2, 0.25) is 0 Å². The number of hydrogen-bond acceptors (Lipinski definition) is 3. The van der Waals surface area contributed by atoms with Crippen LogP contribution in [-0.2, 0) is 6.18 Å². The monoisotopic (exact) mass is 306 g/mol. The van der Waals surface area contributed by atoms with E-state index in [0.29, 0.717) is 5.69 Å². The van der Waals surface area contributed by atoms with E-state index < -0.39 is 11.9 Å². The van der Waals surface area contributed by atoms with Crippen LogP contribution in [0.5, 0.6) is 5.75 Å². The lowest BCUT2D eigenvalue weighted by Gasteiger charge is -2.07. The molecule has 0 radical (unpaired) electrons. The Hall–Kier alpha value is -2.68. The van der Waals surface area contributed by atoms with E-state index in [9.17, 15) is 13.2 Å². The van der Waals surface area contributed by atoms with E-state index in [1.54, 1.807) is 31.4 Å². The summed E-state index contributed by atoms with van der Waals surface area (Å²) in [5.74, 6) is 6.48. The summed E-state index contributed by atoms with van der Waals surface area (Å²) >= 11 is 0. The third-order valence-electron chi connectivity index (χ3n) is 2.75. The van der Waals surface area contributed by atoms with Crippen molar-refractivity contribution in [2.24, 2.45) is 0 Å². The number of rotatable bonds is 3. The maximum Gasteiger partial charge on any atom is 0.433 e. The van der Waals surface area contributed by atoms with Crippen molar-refractivity contribution < 1.29 is 17.9 Å². The SMILES string of the molecule is COc1ccc(C#CCNc2ccnc(C(F)(F)F)c2)cc1. The molecular formula is C16H13F3N2O. The van der Waals surface area contributed by atoms with Crippen LogP contribution in [0.1, 0.15) is 11.3 Å². The second-order valence-electron chi connectivity index (χ2n) is 4.31. The molecule has 2 aromatic rings. The molecule has 0 aliphatic heterocycles. The van der Waals surface area contributed by atoms with Crippen molar-refractivity contribution in [2.75, 3.05) is 19.0 Å². The number of benzene rings is 1. The van der Waals surface area contributed by atoms with Crippen molar-refractivity contribution in [3.05, 3.63) is 53.9 Å². The molecule has 0 atom stereocenters. The molecule has 0 aliphatic carbocycles. The van der Waals surface area contributed by atoms with Gasteiger partial charge in [0.1, 0.15) is 11.4 Å². The smallest absolute Gasteiger partial charge is 0.433 e. The Morgan fingerprint density at radius 2 is 1.91 bits per heavy atom. The van der Waals surface area contributed by atoms with Gasteiger partial charge in [0.25, 0.3) is 0 Å². The van der Waals surface area contributed by atoms with Crippen LogP contribution in [0, 0.1) is 11.8 Å². The van der Waals surface area contributed by atoms with Gasteiger partial charge in [-0.1, -0.05) is 11.8 Å². The molecule has 0 saturated carbocycles. The number of nitrogens with zero attached hydrogens (tertiary/aromatic N) is 1. The van der Waals surface area contributed by atoms with Gasteiger partial charge in [0, 0.05) is 17.4 Å². The van der Waals surface area contributed by atoms with Crippen LogP contribution >= 0.6 is 0 Å². The van der Waals surface area contributed by atoms with E-state index in [0.717, 1.165) is 23.6 Å². The summed E-state index contributed by atoms with van der Waals surface area (Å²) in [5.41, 5.74) is 0.195. The zero-order valence-electron chi connectivity index (χ0n) is 11.7. The molecular weight excluding hydrogens is 293 g/mol. The first-order valence-electron chi connectivity index (χ1n) is 6.39. The minimum absolute atomic E-state index is 0.230. The summed E-state index contributed by atoms with van der Waals surface area (Å²) in [5, 5.41) is 2.81. The van der Waals surface area contributed by atoms with Crippen LogP contribution in [0.25, 0.3) is 0 Å². The average molecular weight is 306 g/mol. The predicted octanol–water partition coefficient (Wildman–Crippen LogP) is 3.57. The molecule has 3 nitrogen and oxygen atoms in total. The van der Waals surface area contributed by atoms with Gasteiger partial charge >= 0.3 is 6.18 Å². The van der Waals surface area contributed by atoms with Crippen LogP contribution in [0.3, 0.4) is 0 Å². The van der Waals surface area contributed by atoms with Crippen molar-refractivity contribution in [3.8, 4) is 17.6 Å². The summed E-state index contributed by atoms with van der Waals surface area (Å²) < 4.78 is 42.6. The van der Waals surface area contributed by atoms with Gasteiger partial charge < -0.3 is 10.1 Å². The first-order valence-corrected chi connectivity index (χ1v) is 6.39. The van der Waals surface area contributed by atoms with E-state index >= 15 is 0 Å². The fraction of sp³-hybridized carbons (Fsp3) is 0.188. The summed E-state index contributed by atoms with van der Waals surface area (Å²) in [6.07, 6.45) is -3.34. The molecule has 22 heavy (non-hydrogen) atoms. The second-order valence-corrected chi connectivity index (χ2v) is 4.31. The topological polar surface area (TPSA) is 34.1 Å². The molecule has 0 spiro atoms. The van der Waals surface area contributed by atoms with E-state index in [1.807, 2.05) is 0 Å². The molecule has 1 aromatic carbocycles. The first-order chi connectivity index (χ1) is 10.5. The predicted molar refractivity (Wildman–Crippen MR) is 77.6 cm³/mol. The summed E-state index contributed by atoms with van der Waals surface area (Å²) in [7, 11) is 1.58. The maximum absolute atomic E-state index is 12.5. The van der Waals surface area contributed by atoms with E-state index in [4.69, 9.17) is 4.74 Å². The first kappa shape index (κ1) is 15.7. The fourth-order valence-electron chi connectivity index (χ4n) is 1.66. The number of hydrogen-bond donors (Lipinski definition) is 1. The van der Waals surface area contributed by atoms with Gasteiger partial charge in [-0.2, -0.15) is 13.2 Å². The third kappa shape index (κ3) is 4.42. The highest BCUT2D eigenvalue weighted by Crippen LogP contribution is 2.28. The Labute approximate surface area is 126 Å². The number of alkyl halides is 3. The number of nitrogens with one attached hydrogen (secondary N) is 1. The van der Waals surface area contributed by atoms with E-state index in [-0.39, 0.29) is 6.54 Å². The van der Waals surface area contributed by atoms with Gasteiger partial charge in [0.15, 0.2) is 0 Å². The molecule has 1 N–H and O–H groups in total. The van der Waals surface area contributed by atoms with Gasteiger partial charge in [-0.15, -0.1) is 0 Å². The molecule has 0 bridgehead atoms. The lowest BCUT2D eigenvalue weighted by Crippen LogP contribution is -2.09. The van der Waals surface area contributed by atoms with Crippen molar-refractivity contribution in [1.29, 1.82) is 0 Å². The number of anilines is 1. The highest BCUT2D eigenvalue weighted by Gasteiger charge is 2.32. The Kier molecular flexibility index (Phi) is 4.89. The molecule has 0 unspecified atom stereocenters. The molecule has 2 rings (SSSR count). The summed E-state index contributed by atoms with van der Waals surface area (Å²) in [4.78, 5) is 3.29. The van der Waals surface area contributed by atoms with Gasteiger partial charge in [0.05, 0.1) is 13.7 Å². The largest absolute Gasteiger partial charge is 0.497 e. The zero-order chi connectivity index (χ0) is 16.0. The molecule has 0 amide bonds. The molecule has 1 aromatic heterocycles. The van der Waals surface area contributed by atoms with Crippen molar-refractivity contribution in [1.82, 2.24) is 4.98 Å². The lowest BCUT2D eigenvalue weighted by atomic mass is 10.2. The standard InChI is InChI=1S/C16H13F3N2O/c1-22-14-6-4-12(5-7-14)3-2-9-20-13-8-10-21-15(11-13)16(17,18)19/h4-8,10-11H,9H2,1H3,(H,20,21). The Morgan fingerprint density at radius 1 is 1.18 bits per heavy atom. The highest BCUT2D eigenvalue weighted by atomic mass is 19.4. The molecule has 0 aliphatic rings. The Balaban J connectivity index is 1.95. The minimum atomic E-state index is -4.45. The fourth-order valence-corrected chi connectivity index (χ4v) is 1.66. The van der Waals surface area contributed by atoms with Gasteiger partial charge in [-0.05, 0) is 36.4 Å². The Bertz CT molecular complexity index is 685. The summed E-state index contributed by atoms with van der Waals surface area (Å²) in [6, 6.07) is 9.60. The van der Waals surface area contributed by atoms with Crippen LogP contribution < -0.4 is 10.1 Å². The van der Waals surface area contributed by atoms with Crippen LogP contribution in [-0.4, -0.2) is 18.6 Å². The van der Waals surface area contributed by atoms with Crippen LogP contribution in [0.2, 0.25) is 0 Å². The van der Waals surface area contributed by atoms with E-state index in [1.165, 1.54) is 6.07 Å². The number of halogens is 3. The highest BCUT2D eigenvalue weighted by molar-refractivity contribution is 5.46. The molecule has 6 heteroatoms. The van der Waals surface area contributed by atoms with Crippen LogP contribution in [0.15, 0.2) is 42.6 Å². The number of pyridine rings is 1. The molecule has 1 heterocycles. The zero-order valence-corrected chi connectivity index (χ0v) is 11.7. The van der Waals surface area contributed by atoms with Crippen molar-refractivity contribution in [3.63, 3.8) is 0 Å². The van der Waals surface area contributed by atoms with Gasteiger partial charge in [-0.3, -0.25) is 4.98 Å².